The summed E-state index contributed by atoms with van der Waals surface area (Å²) in [7, 11) is 1.76. The normalized spacial score (nSPS) is 54.4. The van der Waals surface area contributed by atoms with Crippen LogP contribution in [0.5, 0.6) is 0 Å². The molecule has 0 aromatic rings. The Bertz CT molecular complexity index is 3870. The van der Waals surface area contributed by atoms with Crippen molar-refractivity contribution in [3.63, 3.8) is 0 Å². The van der Waals surface area contributed by atoms with E-state index in [0.717, 1.165) is 159 Å². The minimum Gasteiger partial charge on any atom is -0.465 e. The molecule has 9 saturated heterocycles. The van der Waals surface area contributed by atoms with E-state index >= 15 is 0 Å². The Morgan fingerprint density at radius 3 is 1.26 bits per heavy atom. The van der Waals surface area contributed by atoms with Gasteiger partial charge in [-0.1, -0.05) is 69.2 Å². The molecule has 18 bridgehead atoms. The van der Waals surface area contributed by atoms with E-state index in [1.54, 1.807) is 7.11 Å². The van der Waals surface area contributed by atoms with E-state index in [2.05, 4.69) is 69.2 Å². The number of rotatable bonds is 3. The fraction of sp³-hybridized carbons (Fsp3) is 0.908. The molecule has 27 aliphatic rings. The van der Waals surface area contributed by atoms with Crippen LogP contribution in [0.4, 0.5) is 0 Å². The van der Waals surface area contributed by atoms with Crippen molar-refractivity contribution in [2.45, 2.75) is 236 Å². The summed E-state index contributed by atoms with van der Waals surface area (Å²) >= 11 is 0. The molecule has 4 spiro atoms. The van der Waals surface area contributed by atoms with Gasteiger partial charge in [0.05, 0.1) is 125 Å². The van der Waals surface area contributed by atoms with Gasteiger partial charge in [-0.3, -0.25) is 43.2 Å². The minimum absolute atomic E-state index is 0.0167. The summed E-state index contributed by atoms with van der Waals surface area (Å²) in [5.41, 5.74) is 0.521. The van der Waals surface area contributed by atoms with E-state index in [-0.39, 0.29) is 99.2 Å². The van der Waals surface area contributed by atoms with Crippen molar-refractivity contribution in [3.05, 3.63) is 0 Å². The number of esters is 9. The summed E-state index contributed by atoms with van der Waals surface area (Å²) in [6, 6.07) is 0. The first-order valence-corrected chi connectivity index (χ1v) is 48.2. The third-order valence-corrected chi connectivity index (χ3v) is 40.8. The van der Waals surface area contributed by atoms with E-state index in [0.29, 0.717) is 159 Å². The average Bonchev–Trinajstić information content (AvgIpc) is 1.59. The molecule has 27 rings (SSSR count). The highest BCUT2D eigenvalue weighted by Crippen LogP contribution is 2.68. The van der Waals surface area contributed by atoms with Crippen molar-refractivity contribution in [1.82, 2.24) is 0 Å². The van der Waals surface area contributed by atoms with Gasteiger partial charge in [-0.25, -0.2) is 0 Å². The molecule has 0 aromatic heterocycles. The number of hydrogen-bond donors (Lipinski definition) is 0. The first-order valence-electron chi connectivity index (χ1n) is 48.2. The van der Waals surface area contributed by atoms with E-state index in [9.17, 15) is 43.2 Å². The quantitative estimate of drug-likeness (QED) is 0.188. The number of cyclic esters (lactones) is 9. The molecule has 0 radical (unpaired) electrons. The second-order valence-electron chi connectivity index (χ2n) is 45.5. The first kappa shape index (κ1) is 82.7. The van der Waals surface area contributed by atoms with Gasteiger partial charge in [-0.2, -0.15) is 0 Å². The lowest BCUT2D eigenvalue weighted by Crippen LogP contribution is -2.39. The van der Waals surface area contributed by atoms with Gasteiger partial charge in [0.2, 0.25) is 0 Å². The van der Waals surface area contributed by atoms with Gasteiger partial charge in [0.15, 0.2) is 0 Å². The van der Waals surface area contributed by atoms with Crippen LogP contribution in [0.3, 0.4) is 0 Å². The van der Waals surface area contributed by atoms with Crippen LogP contribution in [0.2, 0.25) is 0 Å². The second-order valence-corrected chi connectivity index (χ2v) is 45.5. The third-order valence-electron chi connectivity index (χ3n) is 40.8. The molecule has 0 amide bonds. The number of carbonyl (C=O) groups is 9. The summed E-state index contributed by atoms with van der Waals surface area (Å²) in [5, 5.41) is 0. The SMILES string of the molecule is CC1C(C)C2CC1C1COC(=O)C21.CC1CC2CC1C1(CCOC1=O)C2.CC1CC2CC1C1(COC(=O)C1)C2.CC1CC2CC1C1C(=O)OCC21.CC1CC2CC1C1COC(=O)C21.CC1CC2CC1CC21CCOC1=O.CC1CC2CC1CC21COC(=O)C1.CCOC1C(C)C2CC1C1C(=O)OCC21.COC1C(C)C2CC1C1C(=O)OCC21. The Morgan fingerprint density at radius 2 is 0.771 bits per heavy atom. The largest absolute Gasteiger partial charge is 0.465 e. The molecule has 44 unspecified atom stereocenters. The van der Waals surface area contributed by atoms with Gasteiger partial charge >= 0.3 is 53.7 Å². The van der Waals surface area contributed by atoms with E-state index in [4.69, 9.17) is 52.1 Å². The number of fused-ring (bicyclic) bond motifs is 37. The fourth-order valence-corrected chi connectivity index (χ4v) is 35.3. The zero-order valence-corrected chi connectivity index (χ0v) is 73.1. The van der Waals surface area contributed by atoms with Crippen LogP contribution in [0, 0.1) is 247 Å². The lowest BCUT2D eigenvalue weighted by molar-refractivity contribution is -0.150. The zero-order chi connectivity index (χ0) is 82.4. The third kappa shape index (κ3) is 13.4. The maximum Gasteiger partial charge on any atom is 0.312 e. The predicted molar refractivity (Wildman–Crippen MR) is 430 cm³/mol. The highest BCUT2D eigenvalue weighted by molar-refractivity contribution is 5.81. The lowest BCUT2D eigenvalue weighted by atomic mass is 9.68. The van der Waals surface area contributed by atoms with E-state index < -0.39 is 0 Å². The predicted octanol–water partition coefficient (Wildman–Crippen LogP) is 15.1. The molecular weight excluding hydrogens is 1500 g/mol. The van der Waals surface area contributed by atoms with Crippen LogP contribution in [0.1, 0.15) is 224 Å². The second kappa shape index (κ2) is 31.4. The maximum atomic E-state index is 11.7. The first-order chi connectivity index (χ1) is 56.5. The molecule has 9 heterocycles. The van der Waals surface area contributed by atoms with Crippen LogP contribution < -0.4 is 0 Å². The Kier molecular flexibility index (Phi) is 22.0. The molecule has 0 aromatic carbocycles. The molecule has 118 heavy (non-hydrogen) atoms. The van der Waals surface area contributed by atoms with Crippen molar-refractivity contribution < 1.29 is 95.3 Å². The highest BCUT2D eigenvalue weighted by atomic mass is 16.6. The Labute approximate surface area is 701 Å². The smallest absolute Gasteiger partial charge is 0.312 e. The summed E-state index contributed by atoms with van der Waals surface area (Å²) < 4.78 is 57.6. The molecule has 20 nitrogen and oxygen atoms in total. The van der Waals surface area contributed by atoms with Crippen LogP contribution in [0.15, 0.2) is 0 Å². The van der Waals surface area contributed by atoms with Gasteiger partial charge < -0.3 is 52.1 Å². The van der Waals surface area contributed by atoms with E-state index in [1.165, 1.54) is 109 Å². The molecule has 654 valence electrons. The van der Waals surface area contributed by atoms with Crippen LogP contribution >= 0.6 is 0 Å². The minimum atomic E-state index is -0.0255. The monoisotopic (exact) mass is 1640 g/mol. The molecule has 27 fully saturated rings. The highest BCUT2D eigenvalue weighted by Gasteiger charge is 2.68. The van der Waals surface area contributed by atoms with E-state index in [1.807, 2.05) is 6.92 Å². The number of ether oxygens (including phenoxy) is 11. The number of carbonyl (C=O) groups excluding carboxylic acids is 9. The fourth-order valence-electron chi connectivity index (χ4n) is 35.3. The van der Waals surface area contributed by atoms with Crippen LogP contribution in [0.25, 0.3) is 0 Å². The average molecular weight is 1640 g/mol. The summed E-state index contributed by atoms with van der Waals surface area (Å²) in [4.78, 5) is 103. The summed E-state index contributed by atoms with van der Waals surface area (Å²) in [6.45, 7) is 32.1. The van der Waals surface area contributed by atoms with Gasteiger partial charge in [-0.05, 0) is 307 Å². The zero-order valence-electron chi connectivity index (χ0n) is 73.1. The van der Waals surface area contributed by atoms with Crippen molar-refractivity contribution in [2.75, 3.05) is 73.2 Å². The lowest BCUT2D eigenvalue weighted by Gasteiger charge is -2.34. The standard InChI is InChI=1S/C12H18O3.C11H16O3.5C11H16O2.2C10H14O2/c1-3-14-11-6(2)7-4-8(11)10-9(7)5-15-12(10)13;1-5-6-3-7(10(5)13-2)9-8(6)4-14-11(9)12;1-7-2-9-3-8(7)4-11(9)5-10(12)13-6-11;1-7-2-8-3-9(7)11(4-8)5-10(12)13-6-11;1-5-6(2)8-3-7(5)9-4-13-11(12)10(8)9;1-7-4-9-5-8(7)6-11(9)2-3-13-10(11)12;1-7-4-8-5-9(7)11(6-8)2-3-13-10(11)12;1-5-2-6-3-7(5)8-4-12-10(11)9(6)8;1-5-2-6-3-7(5)9-8(6)4-12-10(9)11/h6-11H,3-5H2,1-2H3;5-10H,3-4H2,1-2H3;2*7-9H,2-6H2,1H3;5-10H,3-4H2,1-2H3;2*7-9H,2-6H2,1H3;2*5-9H,2-4H2,1H3. The summed E-state index contributed by atoms with van der Waals surface area (Å²) in [5.74, 6) is 25.1. The molecular formula is C98H142O20. The Morgan fingerprint density at radius 1 is 0.322 bits per heavy atom. The molecule has 18 aliphatic carbocycles. The maximum absolute atomic E-state index is 11.7. The molecule has 44 atom stereocenters. The van der Waals surface area contributed by atoms with Crippen LogP contribution in [-0.4, -0.2) is 139 Å². The van der Waals surface area contributed by atoms with Gasteiger partial charge in [-0.15, -0.1) is 0 Å². The summed E-state index contributed by atoms with van der Waals surface area (Å²) in [6.07, 6.45) is 28.2. The molecule has 18 saturated carbocycles. The molecule has 20 heteroatoms. The number of hydrogen-bond acceptors (Lipinski definition) is 20. The van der Waals surface area contributed by atoms with Crippen molar-refractivity contribution in [2.24, 2.45) is 247 Å². The van der Waals surface area contributed by atoms with Crippen molar-refractivity contribution >= 4 is 53.7 Å². The van der Waals surface area contributed by atoms with Crippen LogP contribution in [-0.2, 0) is 95.3 Å². The van der Waals surface area contributed by atoms with Gasteiger partial charge in [0.1, 0.15) is 0 Å². The Hall–Kier alpha value is -4.85. The molecule has 0 N–H and O–H groups in total. The van der Waals surface area contributed by atoms with Gasteiger partial charge in [0, 0.05) is 54.1 Å². The Balaban J connectivity index is 0.0000000882. The van der Waals surface area contributed by atoms with Crippen molar-refractivity contribution in [3.8, 4) is 0 Å². The number of methoxy groups -OCH3 is 1. The van der Waals surface area contributed by atoms with Crippen molar-refractivity contribution in [1.29, 1.82) is 0 Å². The van der Waals surface area contributed by atoms with Gasteiger partial charge in [0.25, 0.3) is 0 Å². The molecule has 9 aliphatic heterocycles. The topological polar surface area (TPSA) is 255 Å².